The molecule has 0 amide bonds. The van der Waals surface area contributed by atoms with Gasteiger partial charge in [0.05, 0.1) is 19.3 Å². The summed E-state index contributed by atoms with van der Waals surface area (Å²) in [6.07, 6.45) is 0.205. The molecular formula is C17H38IN5O. The Bertz CT molecular complexity index is 341. The number of rotatable bonds is 9. The summed E-state index contributed by atoms with van der Waals surface area (Å²) >= 11 is 0. The van der Waals surface area contributed by atoms with Crippen molar-refractivity contribution < 1.29 is 4.74 Å². The Kier molecular flexibility index (Phi) is 14.0. The summed E-state index contributed by atoms with van der Waals surface area (Å²) in [4.78, 5) is 9.47. The molecule has 1 atom stereocenters. The average Bonchev–Trinajstić information content (AvgIpc) is 2.52. The second-order valence-electron chi connectivity index (χ2n) is 6.69. The molecular weight excluding hydrogens is 417 g/mol. The fraction of sp³-hybridized carbons (Fsp3) is 0.941. The highest BCUT2D eigenvalue weighted by atomic mass is 127. The number of aliphatic imine (C=N–C) groups is 1. The molecule has 2 N–H and O–H groups in total. The molecule has 0 radical (unpaired) electrons. The van der Waals surface area contributed by atoms with Crippen LogP contribution in [0.5, 0.6) is 0 Å². The third-order valence-corrected chi connectivity index (χ3v) is 3.97. The van der Waals surface area contributed by atoms with Gasteiger partial charge in [-0.1, -0.05) is 20.8 Å². The number of halogens is 1. The van der Waals surface area contributed by atoms with E-state index < -0.39 is 0 Å². The monoisotopic (exact) mass is 455 g/mol. The van der Waals surface area contributed by atoms with E-state index in [-0.39, 0.29) is 30.1 Å². The van der Waals surface area contributed by atoms with Crippen LogP contribution in [-0.4, -0.2) is 87.9 Å². The minimum atomic E-state index is 0. The highest BCUT2D eigenvalue weighted by Gasteiger charge is 2.20. The zero-order valence-corrected chi connectivity index (χ0v) is 18.5. The summed E-state index contributed by atoms with van der Waals surface area (Å²) in [6, 6.07) is 0. The van der Waals surface area contributed by atoms with E-state index in [4.69, 9.17) is 9.73 Å². The first-order valence-corrected chi connectivity index (χ1v) is 9.09. The number of morpholine rings is 1. The lowest BCUT2D eigenvalue weighted by molar-refractivity contribution is -0.0261. The van der Waals surface area contributed by atoms with Crippen molar-refractivity contribution in [3.8, 4) is 0 Å². The van der Waals surface area contributed by atoms with Crippen molar-refractivity contribution in [3.63, 3.8) is 0 Å². The van der Waals surface area contributed by atoms with Gasteiger partial charge in [-0.25, -0.2) is 0 Å². The van der Waals surface area contributed by atoms with Crippen LogP contribution < -0.4 is 10.6 Å². The predicted octanol–water partition coefficient (Wildman–Crippen LogP) is 1.47. The molecule has 1 rings (SSSR count). The molecule has 0 bridgehead atoms. The van der Waals surface area contributed by atoms with Gasteiger partial charge in [0.2, 0.25) is 0 Å². The van der Waals surface area contributed by atoms with Crippen LogP contribution in [0, 0.1) is 5.92 Å². The standard InChI is InChI=1S/C17H37N5O.HI/c1-6-18-17(19-8-9-21(5)7-2)20-12-16-14-22(10-11-23-16)13-15(3)4;/h15-16H,6-14H2,1-5H3,(H2,18,19,20);1H. The van der Waals surface area contributed by atoms with E-state index in [0.29, 0.717) is 12.5 Å². The van der Waals surface area contributed by atoms with E-state index in [1.807, 2.05) is 0 Å². The van der Waals surface area contributed by atoms with E-state index in [9.17, 15) is 0 Å². The highest BCUT2D eigenvalue weighted by molar-refractivity contribution is 14.0. The van der Waals surface area contributed by atoms with Gasteiger partial charge in [0.15, 0.2) is 5.96 Å². The molecule has 1 aliphatic rings. The Morgan fingerprint density at radius 1 is 1.33 bits per heavy atom. The number of hydrogen-bond donors (Lipinski definition) is 2. The fourth-order valence-corrected chi connectivity index (χ4v) is 2.63. The molecule has 1 heterocycles. The molecule has 0 aromatic carbocycles. The summed E-state index contributed by atoms with van der Waals surface area (Å²) in [5, 5.41) is 6.71. The second-order valence-corrected chi connectivity index (χ2v) is 6.69. The summed E-state index contributed by atoms with van der Waals surface area (Å²) < 4.78 is 5.87. The summed E-state index contributed by atoms with van der Waals surface area (Å²) in [6.45, 7) is 17.4. The number of guanidine groups is 1. The van der Waals surface area contributed by atoms with Crippen LogP contribution >= 0.6 is 24.0 Å². The van der Waals surface area contributed by atoms with Gasteiger partial charge in [0, 0.05) is 39.3 Å². The van der Waals surface area contributed by atoms with Gasteiger partial charge in [0.1, 0.15) is 0 Å². The Labute approximate surface area is 165 Å². The van der Waals surface area contributed by atoms with Gasteiger partial charge in [-0.2, -0.15) is 0 Å². The average molecular weight is 455 g/mol. The van der Waals surface area contributed by atoms with Crippen LogP contribution in [0.4, 0.5) is 0 Å². The third kappa shape index (κ3) is 10.7. The number of nitrogens with one attached hydrogen (secondary N) is 2. The number of ether oxygens (including phenoxy) is 1. The van der Waals surface area contributed by atoms with E-state index in [2.05, 4.69) is 55.2 Å². The maximum atomic E-state index is 5.87. The molecule has 6 nitrogen and oxygen atoms in total. The van der Waals surface area contributed by atoms with Gasteiger partial charge in [-0.05, 0) is 26.4 Å². The van der Waals surface area contributed by atoms with Crippen molar-refractivity contribution in [3.05, 3.63) is 0 Å². The molecule has 144 valence electrons. The zero-order chi connectivity index (χ0) is 17.1. The van der Waals surface area contributed by atoms with Crippen molar-refractivity contribution in [2.75, 3.05) is 66.0 Å². The van der Waals surface area contributed by atoms with Gasteiger partial charge in [-0.3, -0.25) is 9.89 Å². The van der Waals surface area contributed by atoms with Crippen molar-refractivity contribution in [1.82, 2.24) is 20.4 Å². The van der Waals surface area contributed by atoms with Gasteiger partial charge in [0.25, 0.3) is 0 Å². The van der Waals surface area contributed by atoms with Crippen molar-refractivity contribution in [1.29, 1.82) is 0 Å². The molecule has 0 saturated carbocycles. The highest BCUT2D eigenvalue weighted by Crippen LogP contribution is 2.08. The van der Waals surface area contributed by atoms with Crippen LogP contribution in [0.1, 0.15) is 27.7 Å². The summed E-state index contributed by atoms with van der Waals surface area (Å²) in [5.74, 6) is 1.59. The third-order valence-electron chi connectivity index (χ3n) is 3.97. The number of likely N-dealkylation sites (N-methyl/N-ethyl adjacent to an activating group) is 1. The lowest BCUT2D eigenvalue weighted by Crippen LogP contribution is -2.46. The largest absolute Gasteiger partial charge is 0.374 e. The van der Waals surface area contributed by atoms with Crippen molar-refractivity contribution >= 4 is 29.9 Å². The first kappa shape index (κ1) is 23.9. The topological polar surface area (TPSA) is 52.1 Å². The van der Waals surface area contributed by atoms with Gasteiger partial charge in [-0.15, -0.1) is 24.0 Å². The van der Waals surface area contributed by atoms with Crippen LogP contribution in [0.15, 0.2) is 4.99 Å². The maximum Gasteiger partial charge on any atom is 0.191 e. The van der Waals surface area contributed by atoms with Gasteiger partial charge < -0.3 is 20.3 Å². The molecule has 0 aromatic heterocycles. The summed E-state index contributed by atoms with van der Waals surface area (Å²) in [5.41, 5.74) is 0. The van der Waals surface area contributed by atoms with Crippen molar-refractivity contribution in [2.45, 2.75) is 33.8 Å². The smallest absolute Gasteiger partial charge is 0.191 e. The quantitative estimate of drug-likeness (QED) is 0.313. The van der Waals surface area contributed by atoms with Crippen LogP contribution in [0.2, 0.25) is 0 Å². The molecule has 24 heavy (non-hydrogen) atoms. The molecule has 7 heteroatoms. The van der Waals surface area contributed by atoms with Crippen LogP contribution in [0.3, 0.4) is 0 Å². The second kappa shape index (κ2) is 14.1. The number of nitrogens with zero attached hydrogens (tertiary/aromatic N) is 3. The Hall–Kier alpha value is -0.120. The first-order chi connectivity index (χ1) is 11.0. The minimum absolute atomic E-state index is 0. The van der Waals surface area contributed by atoms with Gasteiger partial charge >= 0.3 is 0 Å². The fourth-order valence-electron chi connectivity index (χ4n) is 2.63. The minimum Gasteiger partial charge on any atom is -0.374 e. The molecule has 1 aliphatic heterocycles. The normalized spacial score (nSPS) is 19.5. The zero-order valence-electron chi connectivity index (χ0n) is 16.2. The van der Waals surface area contributed by atoms with Crippen LogP contribution in [0.25, 0.3) is 0 Å². The molecule has 0 aliphatic carbocycles. The van der Waals surface area contributed by atoms with E-state index >= 15 is 0 Å². The maximum absolute atomic E-state index is 5.87. The lowest BCUT2D eigenvalue weighted by Gasteiger charge is -2.33. The van der Waals surface area contributed by atoms with Crippen molar-refractivity contribution in [2.24, 2.45) is 10.9 Å². The molecule has 1 saturated heterocycles. The Morgan fingerprint density at radius 2 is 2.08 bits per heavy atom. The number of hydrogen-bond acceptors (Lipinski definition) is 4. The van der Waals surface area contributed by atoms with E-state index in [0.717, 1.165) is 58.4 Å². The first-order valence-electron chi connectivity index (χ1n) is 9.09. The molecule has 0 spiro atoms. The summed E-state index contributed by atoms with van der Waals surface area (Å²) in [7, 11) is 2.13. The van der Waals surface area contributed by atoms with E-state index in [1.54, 1.807) is 0 Å². The predicted molar refractivity (Wildman–Crippen MR) is 114 cm³/mol. The molecule has 0 aromatic rings. The van der Waals surface area contributed by atoms with E-state index in [1.165, 1.54) is 0 Å². The Balaban J connectivity index is 0.00000529. The Morgan fingerprint density at radius 3 is 2.71 bits per heavy atom. The SMILES string of the molecule is CCNC(=NCC1CN(CC(C)C)CCO1)NCCN(C)CC.I. The van der Waals surface area contributed by atoms with Crippen LogP contribution in [-0.2, 0) is 4.74 Å². The molecule has 1 unspecified atom stereocenters. The molecule has 1 fully saturated rings. The lowest BCUT2D eigenvalue weighted by atomic mass is 10.2.